The third kappa shape index (κ3) is 3.70. The summed E-state index contributed by atoms with van der Waals surface area (Å²) < 4.78 is 29.0. The molecule has 0 radical (unpaired) electrons. The van der Waals surface area contributed by atoms with E-state index in [1.807, 2.05) is 6.92 Å². The fourth-order valence-electron chi connectivity index (χ4n) is 3.94. The van der Waals surface area contributed by atoms with E-state index in [0.717, 1.165) is 45.6 Å². The van der Waals surface area contributed by atoms with Gasteiger partial charge in [-0.2, -0.15) is 0 Å². The summed E-state index contributed by atoms with van der Waals surface area (Å²) in [6.45, 7) is 7.62. The number of allylic oxidation sites excluding steroid dienone is 3. The van der Waals surface area contributed by atoms with Crippen LogP contribution in [-0.2, 0) is 4.79 Å². The predicted octanol–water partition coefficient (Wildman–Crippen LogP) is 1.90. The zero-order valence-corrected chi connectivity index (χ0v) is 14.3. The van der Waals surface area contributed by atoms with E-state index in [0.29, 0.717) is 24.6 Å². The molecule has 6 heteroatoms. The summed E-state index contributed by atoms with van der Waals surface area (Å²) in [5.41, 5.74) is 0.672. The third-order valence-electron chi connectivity index (χ3n) is 5.53. The maximum absolute atomic E-state index is 14.5. The lowest BCUT2D eigenvalue weighted by Crippen LogP contribution is -2.62. The Kier molecular flexibility index (Phi) is 5.66. The van der Waals surface area contributed by atoms with Gasteiger partial charge >= 0.3 is 0 Å². The van der Waals surface area contributed by atoms with Gasteiger partial charge in [-0.3, -0.25) is 4.90 Å². The molecule has 0 spiro atoms. The summed E-state index contributed by atoms with van der Waals surface area (Å²) in [5.74, 6) is -1.31. The number of piperazine rings is 1. The van der Waals surface area contributed by atoms with Gasteiger partial charge < -0.3 is 15.0 Å². The molecule has 2 fully saturated rings. The number of likely N-dealkylation sites (tertiary alicyclic amines) is 1. The van der Waals surface area contributed by atoms with Gasteiger partial charge in [-0.15, -0.1) is 0 Å². The van der Waals surface area contributed by atoms with E-state index in [1.165, 1.54) is 6.08 Å². The quantitative estimate of drug-likeness (QED) is 0.750. The second kappa shape index (κ2) is 7.74. The van der Waals surface area contributed by atoms with Crippen LogP contribution in [0.15, 0.2) is 23.7 Å². The lowest BCUT2D eigenvalue weighted by molar-refractivity contribution is -0.108. The second-order valence-corrected chi connectivity index (χ2v) is 7.16. The van der Waals surface area contributed by atoms with Gasteiger partial charge in [0.25, 0.3) is 0 Å². The first-order chi connectivity index (χ1) is 11.6. The van der Waals surface area contributed by atoms with Crippen LogP contribution in [0.4, 0.5) is 8.78 Å². The first-order valence-corrected chi connectivity index (χ1v) is 8.96. The molecule has 1 N–H and O–H groups in total. The number of alkyl halides is 1. The molecular weight excluding hydrogens is 312 g/mol. The summed E-state index contributed by atoms with van der Waals surface area (Å²) in [6.07, 6.45) is 3.42. The van der Waals surface area contributed by atoms with E-state index in [4.69, 9.17) is 0 Å². The normalized spacial score (nSPS) is 30.4. The van der Waals surface area contributed by atoms with Crippen molar-refractivity contribution < 1.29 is 13.6 Å². The summed E-state index contributed by atoms with van der Waals surface area (Å²) in [4.78, 5) is 15.0. The van der Waals surface area contributed by atoms with Gasteiger partial charge in [-0.1, -0.05) is 6.92 Å². The van der Waals surface area contributed by atoms with Gasteiger partial charge in [0.05, 0.1) is 0 Å². The molecule has 2 heterocycles. The molecule has 0 amide bonds. The number of hydrogen-bond acceptors (Lipinski definition) is 4. The van der Waals surface area contributed by atoms with Crippen LogP contribution in [0.2, 0.25) is 0 Å². The molecule has 2 saturated heterocycles. The van der Waals surface area contributed by atoms with E-state index < -0.39 is 12.1 Å². The van der Waals surface area contributed by atoms with Crippen LogP contribution in [0.5, 0.6) is 0 Å². The van der Waals surface area contributed by atoms with Gasteiger partial charge in [0.2, 0.25) is 0 Å². The Morgan fingerprint density at radius 2 is 2.08 bits per heavy atom. The highest BCUT2D eigenvalue weighted by Gasteiger charge is 2.37. The molecule has 0 aromatic carbocycles. The Bertz CT molecular complexity index is 510. The van der Waals surface area contributed by atoms with E-state index in [-0.39, 0.29) is 11.7 Å². The highest BCUT2D eigenvalue weighted by Crippen LogP contribution is 2.37. The van der Waals surface area contributed by atoms with E-state index in [1.54, 1.807) is 6.08 Å². The minimum absolute atomic E-state index is 0.177. The minimum atomic E-state index is -1.31. The van der Waals surface area contributed by atoms with Gasteiger partial charge in [-0.05, 0) is 24.5 Å². The van der Waals surface area contributed by atoms with Crippen molar-refractivity contribution in [3.63, 3.8) is 0 Å². The topological polar surface area (TPSA) is 35.6 Å². The first-order valence-electron chi connectivity index (χ1n) is 8.96. The number of carbonyl (C=O) groups excluding carboxylic acids is 1. The molecular formula is C18H27F2N3O. The molecule has 3 unspecified atom stereocenters. The van der Waals surface area contributed by atoms with E-state index in [2.05, 4.69) is 15.1 Å². The molecule has 3 atom stereocenters. The van der Waals surface area contributed by atoms with Crippen LogP contribution in [-0.4, -0.2) is 67.6 Å². The Morgan fingerprint density at radius 3 is 2.71 bits per heavy atom. The monoisotopic (exact) mass is 339 g/mol. The molecule has 3 aliphatic rings. The Morgan fingerprint density at radius 1 is 1.38 bits per heavy atom. The van der Waals surface area contributed by atoms with Gasteiger partial charge in [0.15, 0.2) is 0 Å². The molecule has 24 heavy (non-hydrogen) atoms. The standard InChI is InChI=1S/C18H27F2N3O/c1-13(3-2-8-24)18-16(19)9-14(10-17(18)20)23-11-15(12-23)22-6-4-21-5-7-22/h8-10,13,15-16,18,21H,2-7,11-12H2,1H3. The van der Waals surface area contributed by atoms with E-state index >= 15 is 0 Å². The van der Waals surface area contributed by atoms with Crippen molar-refractivity contribution in [2.24, 2.45) is 11.8 Å². The third-order valence-corrected chi connectivity index (χ3v) is 5.53. The van der Waals surface area contributed by atoms with Crippen molar-refractivity contribution in [1.82, 2.24) is 15.1 Å². The van der Waals surface area contributed by atoms with Crippen molar-refractivity contribution >= 4 is 6.29 Å². The lowest BCUT2D eigenvalue weighted by Gasteiger charge is -2.49. The zero-order valence-electron chi connectivity index (χ0n) is 14.3. The SMILES string of the molecule is CC(CCC=O)C1C(F)=CC(N2CC(N3CCNCC3)C2)=CC1F. The van der Waals surface area contributed by atoms with Crippen molar-refractivity contribution in [3.05, 3.63) is 23.7 Å². The largest absolute Gasteiger partial charge is 0.368 e. The molecule has 0 aromatic rings. The summed E-state index contributed by atoms with van der Waals surface area (Å²) >= 11 is 0. The Labute approximate surface area is 142 Å². The second-order valence-electron chi connectivity index (χ2n) is 7.16. The molecule has 0 aromatic heterocycles. The molecule has 0 bridgehead atoms. The van der Waals surface area contributed by atoms with Crippen molar-refractivity contribution in [2.45, 2.75) is 32.0 Å². The summed E-state index contributed by atoms with van der Waals surface area (Å²) in [5, 5.41) is 3.34. The number of aldehydes is 1. The average molecular weight is 339 g/mol. The number of halogens is 2. The number of hydrogen-bond donors (Lipinski definition) is 1. The molecule has 134 valence electrons. The van der Waals surface area contributed by atoms with Gasteiger partial charge in [0.1, 0.15) is 18.3 Å². The van der Waals surface area contributed by atoms with Crippen LogP contribution >= 0.6 is 0 Å². The van der Waals surface area contributed by atoms with Crippen LogP contribution in [0.25, 0.3) is 0 Å². The average Bonchev–Trinajstić information content (AvgIpc) is 2.52. The van der Waals surface area contributed by atoms with Crippen LogP contribution in [0.3, 0.4) is 0 Å². The molecule has 3 rings (SSSR count). The fraction of sp³-hybridized carbons (Fsp3) is 0.722. The maximum atomic E-state index is 14.5. The van der Waals surface area contributed by atoms with Crippen molar-refractivity contribution in [2.75, 3.05) is 39.3 Å². The van der Waals surface area contributed by atoms with Crippen LogP contribution in [0, 0.1) is 11.8 Å². The minimum Gasteiger partial charge on any atom is -0.368 e. The number of rotatable bonds is 6. The van der Waals surface area contributed by atoms with Gasteiger partial charge in [-0.25, -0.2) is 8.78 Å². The Balaban J connectivity index is 1.56. The molecule has 2 aliphatic heterocycles. The maximum Gasteiger partial charge on any atom is 0.130 e. The van der Waals surface area contributed by atoms with Crippen LogP contribution < -0.4 is 5.32 Å². The predicted molar refractivity (Wildman–Crippen MR) is 89.9 cm³/mol. The zero-order chi connectivity index (χ0) is 17.1. The number of carbonyl (C=O) groups is 1. The van der Waals surface area contributed by atoms with Crippen molar-refractivity contribution in [3.8, 4) is 0 Å². The number of nitrogens with one attached hydrogen (secondary N) is 1. The lowest BCUT2D eigenvalue weighted by atomic mass is 9.82. The molecule has 0 saturated carbocycles. The molecule has 4 nitrogen and oxygen atoms in total. The van der Waals surface area contributed by atoms with Crippen molar-refractivity contribution in [1.29, 1.82) is 0 Å². The highest BCUT2D eigenvalue weighted by molar-refractivity contribution is 5.49. The van der Waals surface area contributed by atoms with Gasteiger partial charge in [0, 0.05) is 63.3 Å². The van der Waals surface area contributed by atoms with E-state index in [9.17, 15) is 13.6 Å². The highest BCUT2D eigenvalue weighted by atomic mass is 19.1. The summed E-state index contributed by atoms with van der Waals surface area (Å²) in [6, 6.07) is 0.492. The fourth-order valence-corrected chi connectivity index (χ4v) is 3.94. The number of nitrogens with zero attached hydrogens (tertiary/aromatic N) is 2. The van der Waals surface area contributed by atoms with Crippen LogP contribution in [0.1, 0.15) is 19.8 Å². The smallest absolute Gasteiger partial charge is 0.130 e. The summed E-state index contributed by atoms with van der Waals surface area (Å²) in [7, 11) is 0. The Hall–Kier alpha value is -1.27. The molecule has 1 aliphatic carbocycles. The first kappa shape index (κ1) is 17.5.